The van der Waals surface area contributed by atoms with E-state index in [1.54, 1.807) is 42.5 Å². The van der Waals surface area contributed by atoms with Gasteiger partial charge < -0.3 is 19.7 Å². The van der Waals surface area contributed by atoms with Crippen molar-refractivity contribution in [2.24, 2.45) is 0 Å². The van der Waals surface area contributed by atoms with E-state index >= 15 is 0 Å². The van der Waals surface area contributed by atoms with E-state index in [1.807, 2.05) is 12.1 Å². The summed E-state index contributed by atoms with van der Waals surface area (Å²) in [7, 11) is 2.70. The predicted octanol–water partition coefficient (Wildman–Crippen LogP) is 3.82. The van der Waals surface area contributed by atoms with Crippen molar-refractivity contribution in [1.29, 1.82) is 0 Å². The highest BCUT2D eigenvalue weighted by Crippen LogP contribution is 2.43. The molecule has 0 saturated heterocycles. The zero-order valence-corrected chi connectivity index (χ0v) is 18.1. The highest BCUT2D eigenvalue weighted by atomic mass is 16.7. The van der Waals surface area contributed by atoms with E-state index in [4.69, 9.17) is 9.47 Å². The molecule has 0 aliphatic heterocycles. The van der Waals surface area contributed by atoms with E-state index < -0.39 is 23.4 Å². The minimum atomic E-state index is -1.75. The number of aryl methyl sites for hydroxylation is 1. The van der Waals surface area contributed by atoms with Crippen LogP contribution in [-0.2, 0) is 20.7 Å². The SMILES string of the molecule is C=CC(=O)CCc1ccccc1C1=CC(C(=O)c2ccccc2)=C(O)C(O)C1(OC)OC. The van der Waals surface area contributed by atoms with Gasteiger partial charge >= 0.3 is 0 Å². The Morgan fingerprint density at radius 2 is 1.69 bits per heavy atom. The number of Topliss-reactive ketones (excluding diaryl/α,β-unsaturated/α-hetero) is 1. The van der Waals surface area contributed by atoms with Crippen molar-refractivity contribution in [3.63, 3.8) is 0 Å². The van der Waals surface area contributed by atoms with E-state index in [0.29, 0.717) is 23.1 Å². The van der Waals surface area contributed by atoms with Gasteiger partial charge in [-0.25, -0.2) is 0 Å². The molecular formula is C26H26O6. The molecule has 2 N–H and O–H groups in total. The van der Waals surface area contributed by atoms with Crippen LogP contribution in [0.1, 0.15) is 27.9 Å². The second-order valence-electron chi connectivity index (χ2n) is 7.36. The third-order valence-corrected chi connectivity index (χ3v) is 5.62. The topological polar surface area (TPSA) is 93.1 Å². The molecule has 0 aromatic heterocycles. The fourth-order valence-electron chi connectivity index (χ4n) is 3.87. The molecule has 2 aromatic rings. The average molecular weight is 434 g/mol. The first kappa shape index (κ1) is 23.3. The number of allylic oxidation sites excluding steroid dienone is 3. The molecule has 0 heterocycles. The lowest BCUT2D eigenvalue weighted by Crippen LogP contribution is -2.50. The van der Waals surface area contributed by atoms with Crippen LogP contribution in [0.2, 0.25) is 0 Å². The second-order valence-corrected chi connectivity index (χ2v) is 7.36. The summed E-state index contributed by atoms with van der Waals surface area (Å²) in [6, 6.07) is 15.8. The number of aliphatic hydroxyl groups is 2. The Morgan fingerprint density at radius 3 is 2.31 bits per heavy atom. The Balaban J connectivity index is 2.18. The van der Waals surface area contributed by atoms with Gasteiger partial charge in [-0.1, -0.05) is 61.2 Å². The zero-order chi connectivity index (χ0) is 23.3. The van der Waals surface area contributed by atoms with Crippen molar-refractivity contribution >= 4 is 17.1 Å². The minimum absolute atomic E-state index is 0.0552. The van der Waals surface area contributed by atoms with E-state index in [1.165, 1.54) is 26.4 Å². The number of hydrogen-bond acceptors (Lipinski definition) is 6. The maximum atomic E-state index is 13.1. The van der Waals surface area contributed by atoms with Crippen LogP contribution in [0.25, 0.3) is 5.57 Å². The predicted molar refractivity (Wildman–Crippen MR) is 121 cm³/mol. The molecule has 1 unspecified atom stereocenters. The van der Waals surface area contributed by atoms with Gasteiger partial charge in [-0.15, -0.1) is 0 Å². The Hall–Kier alpha value is -3.32. The molecular weight excluding hydrogens is 408 g/mol. The zero-order valence-electron chi connectivity index (χ0n) is 18.1. The smallest absolute Gasteiger partial charge is 0.229 e. The number of methoxy groups -OCH3 is 2. The van der Waals surface area contributed by atoms with E-state index in [2.05, 4.69) is 6.58 Å². The largest absolute Gasteiger partial charge is 0.509 e. The van der Waals surface area contributed by atoms with Gasteiger partial charge in [0, 0.05) is 31.8 Å². The van der Waals surface area contributed by atoms with Gasteiger partial charge in [-0.3, -0.25) is 9.59 Å². The van der Waals surface area contributed by atoms with Crippen molar-refractivity contribution in [1.82, 2.24) is 0 Å². The average Bonchev–Trinajstić information content (AvgIpc) is 2.84. The van der Waals surface area contributed by atoms with Crippen LogP contribution in [0.5, 0.6) is 0 Å². The summed E-state index contributed by atoms with van der Waals surface area (Å²) >= 11 is 0. The number of aliphatic hydroxyl groups excluding tert-OH is 2. The standard InChI is InChI=1S/C26H26O6/c1-4-19(27)15-14-17-10-8-9-13-20(17)22-16-21(23(28)18-11-6-5-7-12-18)24(29)25(30)26(22,31-2)32-3/h4-13,16,25,29-30H,1,14-15H2,2-3H3. The van der Waals surface area contributed by atoms with Gasteiger partial charge in [0.1, 0.15) is 5.76 Å². The number of hydrogen-bond donors (Lipinski definition) is 2. The molecule has 0 radical (unpaired) electrons. The van der Waals surface area contributed by atoms with Crippen molar-refractivity contribution < 1.29 is 29.3 Å². The van der Waals surface area contributed by atoms with Gasteiger partial charge in [0.25, 0.3) is 0 Å². The van der Waals surface area contributed by atoms with E-state index in [9.17, 15) is 19.8 Å². The molecule has 0 amide bonds. The number of rotatable bonds is 9. The molecule has 2 aromatic carbocycles. The van der Waals surface area contributed by atoms with Crippen molar-refractivity contribution in [2.75, 3.05) is 14.2 Å². The highest BCUT2D eigenvalue weighted by molar-refractivity contribution is 6.12. The molecule has 166 valence electrons. The molecule has 6 nitrogen and oxygen atoms in total. The van der Waals surface area contributed by atoms with Gasteiger partial charge in [-0.05, 0) is 29.7 Å². The Labute approximate surface area is 187 Å². The third kappa shape index (κ3) is 4.21. The van der Waals surface area contributed by atoms with Crippen molar-refractivity contribution in [2.45, 2.75) is 24.7 Å². The number of carbonyl (C=O) groups excluding carboxylic acids is 2. The van der Waals surface area contributed by atoms with Crippen LogP contribution in [0.15, 0.2) is 84.7 Å². The summed E-state index contributed by atoms with van der Waals surface area (Å²) in [6.07, 6.45) is 1.77. The summed E-state index contributed by atoms with van der Waals surface area (Å²) in [6.45, 7) is 3.51. The maximum Gasteiger partial charge on any atom is 0.229 e. The second kappa shape index (κ2) is 9.87. The number of ketones is 2. The van der Waals surface area contributed by atoms with Crippen LogP contribution >= 0.6 is 0 Å². The summed E-state index contributed by atoms with van der Waals surface area (Å²) in [5.41, 5.74) is 2.11. The highest BCUT2D eigenvalue weighted by Gasteiger charge is 2.49. The van der Waals surface area contributed by atoms with Crippen LogP contribution in [0, 0.1) is 0 Å². The first-order chi connectivity index (χ1) is 15.4. The van der Waals surface area contributed by atoms with Gasteiger partial charge in [0.05, 0.1) is 5.57 Å². The summed E-state index contributed by atoms with van der Waals surface area (Å²) in [5.74, 6) is -2.83. The van der Waals surface area contributed by atoms with Crippen molar-refractivity contribution in [3.05, 3.63) is 101 Å². The molecule has 1 aliphatic rings. The fourth-order valence-corrected chi connectivity index (χ4v) is 3.87. The molecule has 3 rings (SSSR count). The van der Waals surface area contributed by atoms with E-state index in [-0.39, 0.29) is 17.8 Å². The Bertz CT molecular complexity index is 1080. The first-order valence-corrected chi connectivity index (χ1v) is 10.2. The van der Waals surface area contributed by atoms with Crippen LogP contribution < -0.4 is 0 Å². The molecule has 6 heteroatoms. The fraction of sp³-hybridized carbons (Fsp3) is 0.231. The van der Waals surface area contributed by atoms with Crippen LogP contribution in [0.3, 0.4) is 0 Å². The van der Waals surface area contributed by atoms with E-state index in [0.717, 1.165) is 5.56 Å². The first-order valence-electron chi connectivity index (χ1n) is 10.2. The molecule has 0 bridgehead atoms. The monoisotopic (exact) mass is 434 g/mol. The maximum absolute atomic E-state index is 13.1. The normalized spacial score (nSPS) is 17.6. The molecule has 0 spiro atoms. The lowest BCUT2D eigenvalue weighted by atomic mass is 9.81. The minimum Gasteiger partial charge on any atom is -0.509 e. The van der Waals surface area contributed by atoms with Gasteiger partial charge in [0.15, 0.2) is 17.7 Å². The molecule has 0 saturated carbocycles. The van der Waals surface area contributed by atoms with Crippen LogP contribution in [-0.4, -0.2) is 47.9 Å². The van der Waals surface area contributed by atoms with Gasteiger partial charge in [0.2, 0.25) is 5.79 Å². The molecule has 0 fully saturated rings. The third-order valence-electron chi connectivity index (χ3n) is 5.62. The quantitative estimate of drug-likeness (QED) is 0.354. The number of carbonyl (C=O) groups is 2. The number of ether oxygens (including phenoxy) is 2. The van der Waals surface area contributed by atoms with Crippen LogP contribution in [0.4, 0.5) is 0 Å². The Kier molecular flexibility index (Phi) is 7.20. The summed E-state index contributed by atoms with van der Waals surface area (Å²) < 4.78 is 11.2. The van der Waals surface area contributed by atoms with Gasteiger partial charge in [-0.2, -0.15) is 0 Å². The van der Waals surface area contributed by atoms with Crippen molar-refractivity contribution in [3.8, 4) is 0 Å². The number of benzene rings is 2. The summed E-state index contributed by atoms with van der Waals surface area (Å²) in [5, 5.41) is 21.8. The summed E-state index contributed by atoms with van der Waals surface area (Å²) in [4.78, 5) is 24.9. The lowest BCUT2D eigenvalue weighted by Gasteiger charge is -2.40. The molecule has 1 aliphatic carbocycles. The lowest BCUT2D eigenvalue weighted by molar-refractivity contribution is -0.215. The Morgan fingerprint density at radius 1 is 1.06 bits per heavy atom. The molecule has 1 atom stereocenters. The molecule has 32 heavy (non-hydrogen) atoms.